The van der Waals surface area contributed by atoms with Crippen LogP contribution >= 0.6 is 0 Å². The average Bonchev–Trinajstić information content (AvgIpc) is 2.98. The first-order valence-electron chi connectivity index (χ1n) is 9.81. The van der Waals surface area contributed by atoms with Crippen LogP contribution in [0.2, 0.25) is 0 Å². The molecule has 0 unspecified atom stereocenters. The Morgan fingerprint density at radius 3 is 2.57 bits per heavy atom. The zero-order valence-electron chi connectivity index (χ0n) is 16.7. The molecule has 144 valence electrons. The minimum absolute atomic E-state index is 0.149. The summed E-state index contributed by atoms with van der Waals surface area (Å²) in [4.78, 5) is 6.67. The molecular weight excluding hydrogens is 349 g/mol. The van der Waals surface area contributed by atoms with Crippen LogP contribution < -0.4 is 0 Å². The second-order valence-corrected chi connectivity index (χ2v) is 7.48. The molecule has 0 N–H and O–H groups in total. The Hall–Kier alpha value is -2.88. The van der Waals surface area contributed by atoms with Gasteiger partial charge in [-0.3, -0.25) is 0 Å². The van der Waals surface area contributed by atoms with Gasteiger partial charge in [0.25, 0.3) is 0 Å². The predicted molar refractivity (Wildman–Crippen MR) is 114 cm³/mol. The lowest BCUT2D eigenvalue weighted by atomic mass is 10.0. The van der Waals surface area contributed by atoms with E-state index in [1.54, 1.807) is 6.07 Å². The van der Waals surface area contributed by atoms with Crippen LogP contribution in [-0.2, 0) is 13.0 Å². The van der Waals surface area contributed by atoms with E-state index in [1.807, 2.05) is 37.4 Å². The van der Waals surface area contributed by atoms with Gasteiger partial charge in [-0.1, -0.05) is 36.4 Å². The molecule has 3 nitrogen and oxygen atoms in total. The molecule has 1 aliphatic rings. The molecule has 0 radical (unpaired) electrons. The minimum atomic E-state index is -0.149. The number of aromatic nitrogens is 1. The molecule has 2 aromatic carbocycles. The van der Waals surface area contributed by atoms with Crippen LogP contribution in [0.1, 0.15) is 29.3 Å². The van der Waals surface area contributed by atoms with Gasteiger partial charge >= 0.3 is 0 Å². The van der Waals surface area contributed by atoms with E-state index in [0.717, 1.165) is 47.5 Å². The van der Waals surface area contributed by atoms with Gasteiger partial charge in [-0.05, 0) is 56.0 Å². The molecule has 0 amide bonds. The molecule has 0 fully saturated rings. The molecule has 3 aromatic rings. The Bertz CT molecular complexity index is 1060. The summed E-state index contributed by atoms with van der Waals surface area (Å²) in [6.07, 6.45) is 4.81. The lowest BCUT2D eigenvalue weighted by molar-refractivity contribution is 0.457. The number of hydrogen-bond donors (Lipinski definition) is 0. The Morgan fingerprint density at radius 2 is 1.82 bits per heavy atom. The molecule has 4 heteroatoms. The van der Waals surface area contributed by atoms with Crippen molar-refractivity contribution in [3.63, 3.8) is 0 Å². The second-order valence-electron chi connectivity index (χ2n) is 7.48. The summed E-state index contributed by atoms with van der Waals surface area (Å²) < 4.78 is 17.1. The zero-order chi connectivity index (χ0) is 19.7. The monoisotopic (exact) mass is 375 g/mol. The highest BCUT2D eigenvalue weighted by atomic mass is 19.1. The minimum Gasteiger partial charge on any atom is -0.356 e. The fourth-order valence-electron chi connectivity index (χ4n) is 4.14. The molecule has 0 aliphatic carbocycles. The smallest absolute Gasteiger partial charge is 0.147 e. The second kappa shape index (κ2) is 7.63. The Labute approximate surface area is 165 Å². The fourth-order valence-corrected chi connectivity index (χ4v) is 4.14. The maximum absolute atomic E-state index is 14.9. The van der Waals surface area contributed by atoms with E-state index < -0.39 is 0 Å². The largest absolute Gasteiger partial charge is 0.356 e. The zero-order valence-corrected chi connectivity index (χ0v) is 16.7. The lowest BCUT2D eigenvalue weighted by Gasteiger charge is -2.24. The molecule has 0 bridgehead atoms. The van der Waals surface area contributed by atoms with Crippen LogP contribution in [-0.4, -0.2) is 28.4 Å². The van der Waals surface area contributed by atoms with Crippen molar-refractivity contribution in [2.75, 3.05) is 13.1 Å². The Kier molecular flexibility index (Phi) is 5.03. The summed E-state index contributed by atoms with van der Waals surface area (Å²) in [5, 5.41) is 1.07. The predicted octanol–water partition coefficient (Wildman–Crippen LogP) is 5.24. The number of aliphatic imine (C=N–C) groups is 1. The van der Waals surface area contributed by atoms with Gasteiger partial charge in [0, 0.05) is 36.9 Å². The summed E-state index contributed by atoms with van der Waals surface area (Å²) in [6, 6.07) is 13.8. The first-order valence-corrected chi connectivity index (χ1v) is 9.81. The van der Waals surface area contributed by atoms with Crippen molar-refractivity contribution in [2.45, 2.75) is 33.7 Å². The van der Waals surface area contributed by atoms with Gasteiger partial charge in [-0.15, -0.1) is 0 Å². The van der Waals surface area contributed by atoms with Crippen molar-refractivity contribution in [3.8, 4) is 0 Å². The van der Waals surface area contributed by atoms with E-state index in [-0.39, 0.29) is 5.82 Å². The van der Waals surface area contributed by atoms with Crippen LogP contribution in [0.5, 0.6) is 0 Å². The van der Waals surface area contributed by atoms with E-state index in [0.29, 0.717) is 6.54 Å². The summed E-state index contributed by atoms with van der Waals surface area (Å²) in [5.74, 6) is 0.889. The SMILES string of the molecule is CC1=NC=CCN1CCc1c(C)n(Cc2ccccc2)c2c(F)ccc(C)c12. The van der Waals surface area contributed by atoms with Crippen LogP contribution in [0, 0.1) is 19.7 Å². The summed E-state index contributed by atoms with van der Waals surface area (Å²) in [6.45, 7) is 8.67. The highest BCUT2D eigenvalue weighted by Gasteiger charge is 2.20. The average molecular weight is 375 g/mol. The molecule has 0 spiro atoms. The standard InChI is InChI=1S/C24H26FN3/c1-17-10-11-22(25)24-23(17)21(12-15-27-14-7-13-26-19(27)3)18(2)28(24)16-20-8-5-4-6-9-20/h4-11,13H,12,14-16H2,1-3H3. The van der Waals surface area contributed by atoms with Crippen LogP contribution in [0.15, 0.2) is 59.7 Å². The first kappa shape index (κ1) is 18.5. The van der Waals surface area contributed by atoms with Crippen molar-refractivity contribution in [1.29, 1.82) is 0 Å². The number of hydrogen-bond acceptors (Lipinski definition) is 2. The van der Waals surface area contributed by atoms with Crippen LogP contribution in [0.4, 0.5) is 4.39 Å². The first-order chi connectivity index (χ1) is 13.6. The molecule has 4 rings (SSSR count). The third-order valence-electron chi connectivity index (χ3n) is 5.72. The van der Waals surface area contributed by atoms with Crippen LogP contribution in [0.25, 0.3) is 10.9 Å². The number of amidine groups is 1. The molecule has 0 atom stereocenters. The molecular formula is C24H26FN3. The van der Waals surface area contributed by atoms with E-state index >= 15 is 0 Å². The van der Waals surface area contributed by atoms with E-state index in [1.165, 1.54) is 11.1 Å². The lowest BCUT2D eigenvalue weighted by Crippen LogP contribution is -2.32. The number of rotatable bonds is 5. The van der Waals surface area contributed by atoms with Gasteiger partial charge in [-0.2, -0.15) is 0 Å². The molecule has 1 aromatic heterocycles. The number of nitrogens with zero attached hydrogens (tertiary/aromatic N) is 3. The number of aryl methyl sites for hydroxylation is 1. The third kappa shape index (κ3) is 3.35. The number of benzene rings is 2. The van der Waals surface area contributed by atoms with Crippen molar-refractivity contribution in [1.82, 2.24) is 9.47 Å². The summed E-state index contributed by atoms with van der Waals surface area (Å²) >= 11 is 0. The normalized spacial score (nSPS) is 14.0. The van der Waals surface area contributed by atoms with Gasteiger partial charge in [0.15, 0.2) is 0 Å². The maximum atomic E-state index is 14.9. The topological polar surface area (TPSA) is 20.5 Å². The van der Waals surface area contributed by atoms with Gasteiger partial charge in [0.05, 0.1) is 5.52 Å². The molecule has 28 heavy (non-hydrogen) atoms. The van der Waals surface area contributed by atoms with Crippen LogP contribution in [0.3, 0.4) is 0 Å². The highest BCUT2D eigenvalue weighted by Crippen LogP contribution is 2.32. The van der Waals surface area contributed by atoms with Crippen molar-refractivity contribution in [2.24, 2.45) is 4.99 Å². The highest BCUT2D eigenvalue weighted by molar-refractivity contribution is 5.89. The van der Waals surface area contributed by atoms with Crippen molar-refractivity contribution >= 4 is 16.7 Å². The number of halogens is 1. The van der Waals surface area contributed by atoms with Crippen molar-refractivity contribution < 1.29 is 4.39 Å². The Balaban J connectivity index is 1.75. The molecule has 2 heterocycles. The Morgan fingerprint density at radius 1 is 1.04 bits per heavy atom. The van der Waals surface area contributed by atoms with Gasteiger partial charge < -0.3 is 9.47 Å². The molecule has 0 saturated carbocycles. The maximum Gasteiger partial charge on any atom is 0.147 e. The number of fused-ring (bicyclic) bond motifs is 1. The third-order valence-corrected chi connectivity index (χ3v) is 5.72. The van der Waals surface area contributed by atoms with Gasteiger partial charge in [0.2, 0.25) is 0 Å². The quantitative estimate of drug-likeness (QED) is 0.598. The van der Waals surface area contributed by atoms with Crippen molar-refractivity contribution in [3.05, 3.63) is 82.9 Å². The van der Waals surface area contributed by atoms with E-state index in [9.17, 15) is 4.39 Å². The molecule has 0 saturated heterocycles. The van der Waals surface area contributed by atoms with E-state index in [4.69, 9.17) is 0 Å². The molecule has 1 aliphatic heterocycles. The van der Waals surface area contributed by atoms with Gasteiger partial charge in [-0.25, -0.2) is 9.38 Å². The summed E-state index contributed by atoms with van der Waals surface area (Å²) in [7, 11) is 0. The summed E-state index contributed by atoms with van der Waals surface area (Å²) in [5.41, 5.74) is 5.42. The fraction of sp³-hybridized carbons (Fsp3) is 0.292. The van der Waals surface area contributed by atoms with E-state index in [2.05, 4.69) is 46.5 Å². The van der Waals surface area contributed by atoms with Gasteiger partial charge in [0.1, 0.15) is 11.7 Å².